The summed E-state index contributed by atoms with van der Waals surface area (Å²) in [5, 5.41) is 3.04. The van der Waals surface area contributed by atoms with Crippen LogP contribution in [-0.4, -0.2) is 41.5 Å². The standard InChI is InChI=1S/C27H28BrN3O3S/c28-22-11-12-24(34-18-15-21-9-5-2-6-10-21)23(19-22)26(33)30-27(35)31(17-14-25(29)32)16-13-20-7-3-1-4-8-20/h1-12,19H,13-18H2,(H2,29,32)(H,30,33,35). The number of carbonyl (C=O) groups excluding carboxylic acids is 2. The first-order valence-electron chi connectivity index (χ1n) is 11.3. The smallest absolute Gasteiger partial charge is 0.261 e. The van der Waals surface area contributed by atoms with Crippen molar-refractivity contribution in [3.8, 4) is 5.75 Å². The molecule has 3 N–H and O–H groups in total. The number of primary amides is 1. The van der Waals surface area contributed by atoms with Gasteiger partial charge in [0.15, 0.2) is 5.11 Å². The van der Waals surface area contributed by atoms with E-state index in [4.69, 9.17) is 22.7 Å². The predicted molar refractivity (Wildman–Crippen MR) is 145 cm³/mol. The molecule has 0 aliphatic heterocycles. The molecule has 0 saturated carbocycles. The first-order chi connectivity index (χ1) is 16.9. The number of thiocarbonyl (C=S) groups is 1. The highest BCUT2D eigenvalue weighted by molar-refractivity contribution is 9.10. The number of amides is 2. The second-order valence-electron chi connectivity index (χ2n) is 7.92. The number of nitrogens with two attached hydrogens (primary N) is 1. The number of nitrogens with one attached hydrogen (secondary N) is 1. The molecule has 0 saturated heterocycles. The number of halogens is 1. The van der Waals surface area contributed by atoms with Gasteiger partial charge in [0, 0.05) is 30.4 Å². The third-order valence-electron chi connectivity index (χ3n) is 5.33. The number of ether oxygens (including phenoxy) is 1. The molecule has 6 nitrogen and oxygen atoms in total. The van der Waals surface area contributed by atoms with Crippen LogP contribution in [0.3, 0.4) is 0 Å². The summed E-state index contributed by atoms with van der Waals surface area (Å²) < 4.78 is 6.69. The summed E-state index contributed by atoms with van der Waals surface area (Å²) in [6.45, 7) is 1.29. The van der Waals surface area contributed by atoms with Gasteiger partial charge in [-0.15, -0.1) is 0 Å². The fraction of sp³-hybridized carbons (Fsp3) is 0.222. The summed E-state index contributed by atoms with van der Waals surface area (Å²) >= 11 is 8.96. The van der Waals surface area contributed by atoms with Crippen molar-refractivity contribution in [3.63, 3.8) is 0 Å². The van der Waals surface area contributed by atoms with E-state index in [-0.39, 0.29) is 17.4 Å². The van der Waals surface area contributed by atoms with Crippen molar-refractivity contribution in [2.45, 2.75) is 19.3 Å². The molecule has 0 aliphatic rings. The van der Waals surface area contributed by atoms with Crippen molar-refractivity contribution in [2.75, 3.05) is 19.7 Å². The minimum Gasteiger partial charge on any atom is -0.492 e. The number of carbonyl (C=O) groups is 2. The Balaban J connectivity index is 1.66. The molecule has 35 heavy (non-hydrogen) atoms. The maximum atomic E-state index is 13.2. The van der Waals surface area contributed by atoms with Gasteiger partial charge in [0.2, 0.25) is 5.91 Å². The van der Waals surface area contributed by atoms with Gasteiger partial charge in [0.05, 0.1) is 12.2 Å². The van der Waals surface area contributed by atoms with Crippen LogP contribution in [0.5, 0.6) is 5.75 Å². The fourth-order valence-electron chi connectivity index (χ4n) is 3.44. The van der Waals surface area contributed by atoms with Gasteiger partial charge < -0.3 is 15.4 Å². The molecule has 3 aromatic carbocycles. The molecular weight excluding hydrogens is 526 g/mol. The second kappa shape index (κ2) is 13.6. The van der Waals surface area contributed by atoms with Crippen molar-refractivity contribution < 1.29 is 14.3 Å². The molecule has 0 bridgehead atoms. The Morgan fingerprint density at radius 1 is 0.914 bits per heavy atom. The van der Waals surface area contributed by atoms with Crippen LogP contribution in [0.1, 0.15) is 27.9 Å². The molecule has 0 heterocycles. The molecule has 0 aliphatic carbocycles. The molecule has 0 atom stereocenters. The summed E-state index contributed by atoms with van der Waals surface area (Å²) in [7, 11) is 0. The second-order valence-corrected chi connectivity index (χ2v) is 9.23. The van der Waals surface area contributed by atoms with Gasteiger partial charge >= 0.3 is 0 Å². The SMILES string of the molecule is NC(=O)CCN(CCc1ccccc1)C(=S)NC(=O)c1cc(Br)ccc1OCCc1ccccc1. The van der Waals surface area contributed by atoms with Gasteiger partial charge in [-0.1, -0.05) is 76.6 Å². The van der Waals surface area contributed by atoms with Gasteiger partial charge in [-0.2, -0.15) is 0 Å². The number of rotatable bonds is 11. The molecule has 0 spiro atoms. The van der Waals surface area contributed by atoms with E-state index in [0.717, 1.165) is 22.0 Å². The minimum atomic E-state index is -0.426. The first-order valence-corrected chi connectivity index (χ1v) is 12.5. The lowest BCUT2D eigenvalue weighted by Crippen LogP contribution is -2.44. The lowest BCUT2D eigenvalue weighted by atomic mass is 10.1. The molecule has 8 heteroatoms. The summed E-state index contributed by atoms with van der Waals surface area (Å²) in [6.07, 6.45) is 1.56. The van der Waals surface area contributed by atoms with Crippen molar-refractivity contribution >= 4 is 45.1 Å². The van der Waals surface area contributed by atoms with Crippen LogP contribution in [0.15, 0.2) is 83.3 Å². The highest BCUT2D eigenvalue weighted by Gasteiger charge is 2.18. The van der Waals surface area contributed by atoms with Crippen LogP contribution in [0.2, 0.25) is 0 Å². The fourth-order valence-corrected chi connectivity index (χ4v) is 4.08. The Labute approximate surface area is 219 Å². The van der Waals surface area contributed by atoms with Crippen LogP contribution in [0, 0.1) is 0 Å². The lowest BCUT2D eigenvalue weighted by molar-refractivity contribution is -0.118. The number of hydrogen-bond donors (Lipinski definition) is 2. The van der Waals surface area contributed by atoms with Gasteiger partial charge in [-0.25, -0.2) is 0 Å². The topological polar surface area (TPSA) is 84.7 Å². The van der Waals surface area contributed by atoms with Gasteiger partial charge in [0.25, 0.3) is 5.91 Å². The Morgan fingerprint density at radius 3 is 2.17 bits per heavy atom. The lowest BCUT2D eigenvalue weighted by Gasteiger charge is -2.25. The van der Waals surface area contributed by atoms with Gasteiger partial charge in [-0.3, -0.25) is 14.9 Å². The highest BCUT2D eigenvalue weighted by Crippen LogP contribution is 2.24. The molecule has 3 rings (SSSR count). The van der Waals surface area contributed by atoms with Crippen molar-refractivity contribution in [1.29, 1.82) is 0 Å². The van der Waals surface area contributed by atoms with E-state index in [1.54, 1.807) is 17.0 Å². The Bertz CT molecular complexity index is 1140. The van der Waals surface area contributed by atoms with E-state index in [1.807, 2.05) is 66.7 Å². The maximum absolute atomic E-state index is 13.2. The summed E-state index contributed by atoms with van der Waals surface area (Å²) in [5.74, 6) is -0.336. The van der Waals surface area contributed by atoms with Crippen LogP contribution >= 0.6 is 28.1 Å². The van der Waals surface area contributed by atoms with E-state index in [2.05, 4.69) is 21.2 Å². The highest BCUT2D eigenvalue weighted by atomic mass is 79.9. The normalized spacial score (nSPS) is 10.4. The molecule has 2 amide bonds. The van der Waals surface area contributed by atoms with Crippen LogP contribution in [0.25, 0.3) is 0 Å². The van der Waals surface area contributed by atoms with Gasteiger partial charge in [0.1, 0.15) is 5.75 Å². The molecule has 0 fully saturated rings. The van der Waals surface area contributed by atoms with Crippen LogP contribution in [0.4, 0.5) is 0 Å². The zero-order valence-corrected chi connectivity index (χ0v) is 21.7. The quantitative estimate of drug-likeness (QED) is 0.341. The number of nitrogens with zero attached hydrogens (tertiary/aromatic N) is 1. The molecular formula is C27H28BrN3O3S. The number of benzene rings is 3. The first kappa shape index (κ1) is 26.4. The molecule has 0 radical (unpaired) electrons. The van der Waals surface area contributed by atoms with E-state index >= 15 is 0 Å². The Hall–Kier alpha value is -3.23. The zero-order chi connectivity index (χ0) is 25.0. The zero-order valence-electron chi connectivity index (χ0n) is 19.3. The van der Waals surface area contributed by atoms with Crippen LogP contribution < -0.4 is 15.8 Å². The molecule has 3 aromatic rings. The largest absolute Gasteiger partial charge is 0.492 e. The summed E-state index contributed by atoms with van der Waals surface area (Å²) in [5.41, 5.74) is 8.00. The van der Waals surface area contributed by atoms with E-state index in [1.165, 1.54) is 0 Å². The average Bonchev–Trinajstić information content (AvgIpc) is 2.86. The van der Waals surface area contributed by atoms with Crippen molar-refractivity contribution in [3.05, 3.63) is 100 Å². The van der Waals surface area contributed by atoms with Crippen molar-refractivity contribution in [2.24, 2.45) is 5.73 Å². The molecule has 182 valence electrons. The summed E-state index contributed by atoms with van der Waals surface area (Å²) in [6, 6.07) is 25.2. The third-order valence-corrected chi connectivity index (χ3v) is 6.18. The van der Waals surface area contributed by atoms with E-state index in [0.29, 0.717) is 37.4 Å². The van der Waals surface area contributed by atoms with Crippen molar-refractivity contribution in [1.82, 2.24) is 10.2 Å². The molecule has 0 aromatic heterocycles. The Morgan fingerprint density at radius 2 is 1.54 bits per heavy atom. The number of hydrogen-bond acceptors (Lipinski definition) is 4. The summed E-state index contributed by atoms with van der Waals surface area (Å²) in [4.78, 5) is 26.3. The van der Waals surface area contributed by atoms with Crippen LogP contribution in [-0.2, 0) is 17.6 Å². The minimum absolute atomic E-state index is 0.134. The monoisotopic (exact) mass is 553 g/mol. The van der Waals surface area contributed by atoms with Gasteiger partial charge in [-0.05, 0) is 48.0 Å². The molecule has 0 unspecified atom stereocenters. The van der Waals surface area contributed by atoms with E-state index < -0.39 is 5.91 Å². The average molecular weight is 555 g/mol. The third kappa shape index (κ3) is 8.81. The maximum Gasteiger partial charge on any atom is 0.261 e. The van der Waals surface area contributed by atoms with E-state index in [9.17, 15) is 9.59 Å². The Kier molecular flexibility index (Phi) is 10.3. The predicted octanol–water partition coefficient (Wildman–Crippen LogP) is 4.51.